The first kappa shape index (κ1) is 8.29. The second-order valence-electron chi connectivity index (χ2n) is 3.31. The largest absolute Gasteiger partial charge is 0.454 e. The Morgan fingerprint density at radius 1 is 1.13 bits per heavy atom. The van der Waals surface area contributed by atoms with Gasteiger partial charge in [0.15, 0.2) is 11.5 Å². The van der Waals surface area contributed by atoms with Crippen molar-refractivity contribution in [3.8, 4) is 11.5 Å². The van der Waals surface area contributed by atoms with Gasteiger partial charge in [-0.2, -0.15) is 0 Å². The van der Waals surface area contributed by atoms with Gasteiger partial charge in [0.05, 0.1) is 0 Å². The van der Waals surface area contributed by atoms with Gasteiger partial charge in [-0.25, -0.2) is 0 Å². The van der Waals surface area contributed by atoms with Crippen LogP contribution in [0, 0.1) is 0 Å². The zero-order chi connectivity index (χ0) is 10.3. The van der Waals surface area contributed by atoms with Crippen LogP contribution in [0.1, 0.15) is 5.56 Å². The molecular weight excluding hydrogens is 192 g/mol. The van der Waals surface area contributed by atoms with Crippen LogP contribution in [-0.4, -0.2) is 13.1 Å². The molecule has 1 radical (unpaired) electrons. The van der Waals surface area contributed by atoms with Crippen molar-refractivity contribution in [2.75, 3.05) is 6.79 Å². The van der Waals surface area contributed by atoms with Crippen LogP contribution in [0.15, 0.2) is 30.3 Å². The quantitative estimate of drug-likeness (QED) is 0.704. The van der Waals surface area contributed by atoms with Crippen molar-refractivity contribution in [3.63, 3.8) is 0 Å². The minimum atomic E-state index is 0.210. The first-order valence-electron chi connectivity index (χ1n) is 4.59. The predicted octanol–water partition coefficient (Wildman–Crippen LogP) is 2.03. The van der Waals surface area contributed by atoms with Crippen molar-refractivity contribution in [2.24, 2.45) is 0 Å². The van der Waals surface area contributed by atoms with E-state index in [0.29, 0.717) is 17.1 Å². The summed E-state index contributed by atoms with van der Waals surface area (Å²) in [5.41, 5.74) is 0.509. The van der Waals surface area contributed by atoms with Gasteiger partial charge < -0.3 is 9.47 Å². The zero-order valence-electron chi connectivity index (χ0n) is 7.82. The molecule has 15 heavy (non-hydrogen) atoms. The molecular formula is C12H7O3. The number of hydrogen-bond acceptors (Lipinski definition) is 3. The summed E-state index contributed by atoms with van der Waals surface area (Å²) < 4.78 is 10.6. The SMILES string of the molecule is O=[C]c1cccc2ccc3c(c12)OCO3. The molecule has 0 aliphatic carbocycles. The molecule has 0 amide bonds. The third-order valence-electron chi connectivity index (χ3n) is 2.49. The van der Waals surface area contributed by atoms with E-state index in [1.54, 1.807) is 6.07 Å². The third kappa shape index (κ3) is 1.09. The lowest BCUT2D eigenvalue weighted by Gasteiger charge is -2.03. The summed E-state index contributed by atoms with van der Waals surface area (Å²) in [6.07, 6.45) is 1.91. The molecule has 1 heterocycles. The Labute approximate surface area is 86.2 Å². The molecule has 0 atom stereocenters. The Bertz CT molecular complexity index is 546. The fourth-order valence-electron chi connectivity index (χ4n) is 1.82. The van der Waals surface area contributed by atoms with Gasteiger partial charge in [0.25, 0.3) is 0 Å². The van der Waals surface area contributed by atoms with Crippen molar-refractivity contribution >= 4 is 17.1 Å². The van der Waals surface area contributed by atoms with E-state index in [1.807, 2.05) is 30.6 Å². The van der Waals surface area contributed by atoms with Crippen LogP contribution in [0.4, 0.5) is 0 Å². The first-order valence-corrected chi connectivity index (χ1v) is 4.59. The monoisotopic (exact) mass is 199 g/mol. The normalized spacial score (nSPS) is 13.1. The molecule has 0 spiro atoms. The van der Waals surface area contributed by atoms with Crippen LogP contribution in [0.2, 0.25) is 0 Å². The maximum Gasteiger partial charge on any atom is 0.234 e. The summed E-state index contributed by atoms with van der Waals surface area (Å²) in [5.74, 6) is 1.33. The molecule has 2 aromatic rings. The molecule has 0 aromatic heterocycles. The smallest absolute Gasteiger partial charge is 0.234 e. The van der Waals surface area contributed by atoms with Gasteiger partial charge in [-0.1, -0.05) is 24.3 Å². The molecule has 3 nitrogen and oxygen atoms in total. The van der Waals surface area contributed by atoms with E-state index in [9.17, 15) is 4.79 Å². The molecule has 0 N–H and O–H groups in total. The van der Waals surface area contributed by atoms with Crippen LogP contribution in [0.3, 0.4) is 0 Å². The summed E-state index contributed by atoms with van der Waals surface area (Å²) in [4.78, 5) is 10.8. The fraction of sp³-hybridized carbons (Fsp3) is 0.0833. The molecule has 3 heteroatoms. The number of hydrogen-bond donors (Lipinski definition) is 0. The van der Waals surface area contributed by atoms with Gasteiger partial charge in [0, 0.05) is 10.9 Å². The van der Waals surface area contributed by atoms with E-state index in [4.69, 9.17) is 9.47 Å². The second-order valence-corrected chi connectivity index (χ2v) is 3.31. The highest BCUT2D eigenvalue weighted by Crippen LogP contribution is 2.40. The average Bonchev–Trinajstić information content (AvgIpc) is 2.76. The second kappa shape index (κ2) is 2.98. The fourth-order valence-corrected chi connectivity index (χ4v) is 1.82. The molecule has 3 rings (SSSR count). The standard InChI is InChI=1S/C12H7O3/c13-6-9-3-1-2-8-4-5-10-12(11(8)9)15-7-14-10/h1-5H,7H2. The van der Waals surface area contributed by atoms with Crippen LogP contribution >= 0.6 is 0 Å². The molecule has 2 aromatic carbocycles. The molecule has 0 bridgehead atoms. The van der Waals surface area contributed by atoms with Crippen molar-refractivity contribution in [1.82, 2.24) is 0 Å². The van der Waals surface area contributed by atoms with Gasteiger partial charge in [0.2, 0.25) is 13.1 Å². The van der Waals surface area contributed by atoms with Crippen molar-refractivity contribution in [1.29, 1.82) is 0 Å². The number of ether oxygens (including phenoxy) is 2. The summed E-state index contributed by atoms with van der Waals surface area (Å²) in [7, 11) is 0. The minimum absolute atomic E-state index is 0.210. The molecule has 0 saturated carbocycles. The van der Waals surface area contributed by atoms with E-state index in [2.05, 4.69) is 0 Å². The molecule has 1 aliphatic heterocycles. The summed E-state index contributed by atoms with van der Waals surface area (Å²) in [5, 5.41) is 1.74. The number of benzene rings is 2. The summed E-state index contributed by atoms with van der Waals surface area (Å²) in [6, 6.07) is 9.23. The maximum absolute atomic E-state index is 10.8. The Morgan fingerprint density at radius 3 is 2.93 bits per heavy atom. The lowest BCUT2D eigenvalue weighted by atomic mass is 10.0. The van der Waals surface area contributed by atoms with Crippen LogP contribution in [0.25, 0.3) is 10.8 Å². The van der Waals surface area contributed by atoms with Gasteiger partial charge in [0.1, 0.15) is 0 Å². The Kier molecular flexibility index (Phi) is 1.65. The minimum Gasteiger partial charge on any atom is -0.454 e. The average molecular weight is 199 g/mol. The number of carbonyl (C=O) groups excluding carboxylic acids is 1. The van der Waals surface area contributed by atoms with E-state index < -0.39 is 0 Å². The number of rotatable bonds is 1. The van der Waals surface area contributed by atoms with Gasteiger partial charge in [-0.3, -0.25) is 4.79 Å². The maximum atomic E-state index is 10.8. The topological polar surface area (TPSA) is 35.5 Å². The van der Waals surface area contributed by atoms with Gasteiger partial charge >= 0.3 is 0 Å². The summed E-state index contributed by atoms with van der Waals surface area (Å²) >= 11 is 0. The third-order valence-corrected chi connectivity index (χ3v) is 2.49. The Morgan fingerprint density at radius 2 is 2.07 bits per heavy atom. The zero-order valence-corrected chi connectivity index (χ0v) is 7.82. The lowest BCUT2D eigenvalue weighted by molar-refractivity contribution is 0.175. The van der Waals surface area contributed by atoms with E-state index >= 15 is 0 Å². The molecule has 0 fully saturated rings. The molecule has 0 unspecified atom stereocenters. The number of fused-ring (bicyclic) bond motifs is 3. The molecule has 73 valence electrons. The first-order chi connectivity index (χ1) is 7.40. The van der Waals surface area contributed by atoms with Crippen LogP contribution in [0.5, 0.6) is 11.5 Å². The van der Waals surface area contributed by atoms with Crippen molar-refractivity contribution in [2.45, 2.75) is 0 Å². The Balaban J connectivity index is 2.46. The van der Waals surface area contributed by atoms with Gasteiger partial charge in [-0.15, -0.1) is 0 Å². The van der Waals surface area contributed by atoms with E-state index in [0.717, 1.165) is 10.8 Å². The van der Waals surface area contributed by atoms with E-state index in [-0.39, 0.29) is 6.79 Å². The van der Waals surface area contributed by atoms with E-state index in [1.165, 1.54) is 0 Å². The highest BCUT2D eigenvalue weighted by atomic mass is 16.7. The predicted molar refractivity (Wildman–Crippen MR) is 54.9 cm³/mol. The van der Waals surface area contributed by atoms with Crippen LogP contribution < -0.4 is 9.47 Å². The van der Waals surface area contributed by atoms with Crippen molar-refractivity contribution < 1.29 is 14.3 Å². The van der Waals surface area contributed by atoms with Gasteiger partial charge in [-0.05, 0) is 11.5 Å². The molecule has 0 saturated heterocycles. The lowest BCUT2D eigenvalue weighted by Crippen LogP contribution is -1.93. The van der Waals surface area contributed by atoms with Crippen molar-refractivity contribution in [3.05, 3.63) is 35.9 Å². The highest BCUT2D eigenvalue weighted by Gasteiger charge is 2.18. The summed E-state index contributed by atoms with van der Waals surface area (Å²) in [6.45, 7) is 0.210. The van der Waals surface area contributed by atoms with Crippen LogP contribution in [-0.2, 0) is 4.79 Å². The Hall–Kier alpha value is -2.03. The molecule has 1 aliphatic rings. The highest BCUT2D eigenvalue weighted by molar-refractivity contribution is 6.03.